The van der Waals surface area contributed by atoms with Crippen LogP contribution >= 0.6 is 0 Å². The molecule has 2 aliphatic heterocycles. The lowest BCUT2D eigenvalue weighted by Gasteiger charge is -2.35. The summed E-state index contributed by atoms with van der Waals surface area (Å²) in [6.07, 6.45) is 12.5. The van der Waals surface area contributed by atoms with Gasteiger partial charge in [0.25, 0.3) is 0 Å². The van der Waals surface area contributed by atoms with Crippen molar-refractivity contribution in [3.05, 3.63) is 34.4 Å². The fourth-order valence-electron chi connectivity index (χ4n) is 5.11. The van der Waals surface area contributed by atoms with Gasteiger partial charge in [-0.2, -0.15) is 0 Å². The Hall–Kier alpha value is -1.39. The van der Waals surface area contributed by atoms with E-state index < -0.39 is 6.29 Å². The smallest absolute Gasteiger partial charge is 0.306 e. The molecule has 0 saturated carbocycles. The molecule has 0 aromatic carbocycles. The molecule has 3 atom stereocenters. The lowest BCUT2D eigenvalue weighted by Crippen LogP contribution is -2.33. The maximum Gasteiger partial charge on any atom is 0.306 e. The quantitative estimate of drug-likeness (QED) is 0.444. The highest BCUT2D eigenvalue weighted by Crippen LogP contribution is 2.42. The van der Waals surface area contributed by atoms with Crippen molar-refractivity contribution in [1.29, 1.82) is 0 Å². The lowest BCUT2D eigenvalue weighted by molar-refractivity contribution is -0.137. The molecular weight excluding hydrogens is 364 g/mol. The van der Waals surface area contributed by atoms with Crippen LogP contribution < -0.4 is 0 Å². The van der Waals surface area contributed by atoms with Crippen LogP contribution in [0.15, 0.2) is 34.4 Å². The van der Waals surface area contributed by atoms with Crippen molar-refractivity contribution in [3.63, 3.8) is 0 Å². The Kier molecular flexibility index (Phi) is 7.39. The number of hydrogen-bond donors (Lipinski definition) is 1. The number of aliphatic hydroxyl groups excluding tert-OH is 1. The molecule has 1 saturated heterocycles. The van der Waals surface area contributed by atoms with Crippen molar-refractivity contribution in [2.45, 2.75) is 97.9 Å². The average molecular weight is 403 g/mol. The molecular formula is C25H38O4. The molecule has 1 fully saturated rings. The maximum absolute atomic E-state index is 11.3. The summed E-state index contributed by atoms with van der Waals surface area (Å²) >= 11 is 0. The van der Waals surface area contributed by atoms with E-state index in [1.54, 1.807) is 11.1 Å². The van der Waals surface area contributed by atoms with E-state index in [9.17, 15) is 9.90 Å². The Morgan fingerprint density at radius 3 is 2.79 bits per heavy atom. The van der Waals surface area contributed by atoms with Gasteiger partial charge in [0.2, 0.25) is 0 Å². The first kappa shape index (κ1) is 22.3. The van der Waals surface area contributed by atoms with E-state index in [4.69, 9.17) is 9.47 Å². The van der Waals surface area contributed by atoms with Crippen LogP contribution in [0.3, 0.4) is 0 Å². The van der Waals surface area contributed by atoms with Crippen molar-refractivity contribution in [2.24, 2.45) is 11.3 Å². The molecule has 3 aliphatic rings. The van der Waals surface area contributed by atoms with E-state index in [-0.39, 0.29) is 18.0 Å². The highest BCUT2D eigenvalue weighted by molar-refractivity contribution is 5.71. The fourth-order valence-corrected chi connectivity index (χ4v) is 5.11. The van der Waals surface area contributed by atoms with Gasteiger partial charge in [-0.05, 0) is 76.2 Å². The number of ether oxygens (including phenoxy) is 2. The molecule has 0 aromatic rings. The summed E-state index contributed by atoms with van der Waals surface area (Å²) in [6.45, 7) is 9.73. The van der Waals surface area contributed by atoms with Gasteiger partial charge < -0.3 is 14.6 Å². The third kappa shape index (κ3) is 5.82. The third-order valence-electron chi connectivity index (χ3n) is 7.03. The number of carbonyl (C=O) groups excluding carboxylic acids is 1. The largest absolute Gasteiger partial charge is 0.465 e. The molecule has 1 N–H and O–H groups in total. The van der Waals surface area contributed by atoms with Crippen LogP contribution in [0.4, 0.5) is 0 Å². The van der Waals surface area contributed by atoms with Crippen LogP contribution in [-0.4, -0.2) is 30.1 Å². The molecule has 4 heteroatoms. The number of allylic oxidation sites excluding steroid dienone is 4. The van der Waals surface area contributed by atoms with Gasteiger partial charge in [-0.15, -0.1) is 0 Å². The molecule has 4 nitrogen and oxygen atoms in total. The summed E-state index contributed by atoms with van der Waals surface area (Å²) in [4.78, 5) is 11.3. The molecule has 29 heavy (non-hydrogen) atoms. The summed E-state index contributed by atoms with van der Waals surface area (Å²) < 4.78 is 10.8. The number of cyclic esters (lactones) is 1. The van der Waals surface area contributed by atoms with Crippen LogP contribution in [0, 0.1) is 11.3 Å². The SMILES string of the molecule is CC1=C(CC/C(C)=C/CCC2=CC[C@H]([C@H]3COC(=O)C3)OC2O)C(C)(C)CCC1. The van der Waals surface area contributed by atoms with E-state index >= 15 is 0 Å². The lowest BCUT2D eigenvalue weighted by atomic mass is 9.71. The molecule has 0 bridgehead atoms. The zero-order chi connectivity index (χ0) is 21.0. The zero-order valence-electron chi connectivity index (χ0n) is 18.6. The summed E-state index contributed by atoms with van der Waals surface area (Å²) in [5.41, 5.74) is 6.00. The van der Waals surface area contributed by atoms with Gasteiger partial charge in [-0.1, -0.05) is 42.7 Å². The standard InChI is InChI=1S/C25H38O4/c1-17(10-12-21-18(2)8-6-14-25(21,3)4)7-5-9-19-11-13-22(29-24(19)27)20-15-23(26)28-16-20/h7,11,20,22,24,27H,5-6,8-10,12-16H2,1-4H3/b17-7+/t20-,22-,24?/m1/s1. The van der Waals surface area contributed by atoms with Gasteiger partial charge >= 0.3 is 5.97 Å². The number of aliphatic hydroxyl groups is 1. The minimum Gasteiger partial charge on any atom is -0.465 e. The van der Waals surface area contributed by atoms with Gasteiger partial charge in [0.15, 0.2) is 6.29 Å². The van der Waals surface area contributed by atoms with E-state index in [1.807, 2.05) is 0 Å². The first-order valence-electron chi connectivity index (χ1n) is 11.3. The van der Waals surface area contributed by atoms with Crippen LogP contribution in [0.5, 0.6) is 0 Å². The van der Waals surface area contributed by atoms with Crippen LogP contribution in [0.25, 0.3) is 0 Å². The molecule has 3 rings (SSSR count). The van der Waals surface area contributed by atoms with Crippen LogP contribution in [0.1, 0.15) is 85.5 Å². The second-order valence-corrected chi connectivity index (χ2v) is 9.77. The van der Waals surface area contributed by atoms with Crippen molar-refractivity contribution in [3.8, 4) is 0 Å². The van der Waals surface area contributed by atoms with Crippen molar-refractivity contribution in [2.75, 3.05) is 6.61 Å². The molecule has 0 aromatic heterocycles. The van der Waals surface area contributed by atoms with E-state index in [2.05, 4.69) is 39.8 Å². The summed E-state index contributed by atoms with van der Waals surface area (Å²) in [6, 6.07) is 0. The first-order chi connectivity index (χ1) is 13.8. The Balaban J connectivity index is 1.45. The molecule has 0 amide bonds. The monoisotopic (exact) mass is 402 g/mol. The van der Waals surface area contributed by atoms with Gasteiger partial charge in [0.05, 0.1) is 19.1 Å². The Labute approximate surface area is 176 Å². The summed E-state index contributed by atoms with van der Waals surface area (Å²) in [7, 11) is 0. The van der Waals surface area contributed by atoms with E-state index in [1.165, 1.54) is 31.3 Å². The van der Waals surface area contributed by atoms with Crippen molar-refractivity contribution < 1.29 is 19.4 Å². The molecule has 0 radical (unpaired) electrons. The van der Waals surface area contributed by atoms with Gasteiger partial charge in [0.1, 0.15) is 0 Å². The Bertz CT molecular complexity index is 698. The average Bonchev–Trinajstić information content (AvgIpc) is 3.08. The second kappa shape index (κ2) is 9.61. The van der Waals surface area contributed by atoms with Crippen molar-refractivity contribution in [1.82, 2.24) is 0 Å². The zero-order valence-corrected chi connectivity index (χ0v) is 18.6. The maximum atomic E-state index is 11.3. The minimum absolute atomic E-state index is 0.0684. The highest BCUT2D eigenvalue weighted by atomic mass is 16.6. The van der Waals surface area contributed by atoms with E-state index in [0.717, 1.165) is 31.3 Å². The Morgan fingerprint density at radius 1 is 1.34 bits per heavy atom. The predicted octanol–water partition coefficient (Wildman–Crippen LogP) is 5.62. The highest BCUT2D eigenvalue weighted by Gasteiger charge is 2.35. The number of rotatable bonds is 7. The number of carbonyl (C=O) groups is 1. The topological polar surface area (TPSA) is 55.8 Å². The van der Waals surface area contributed by atoms with Gasteiger partial charge in [0, 0.05) is 5.92 Å². The second-order valence-electron chi connectivity index (χ2n) is 9.77. The molecule has 0 spiro atoms. The van der Waals surface area contributed by atoms with Gasteiger partial charge in [-0.25, -0.2) is 0 Å². The van der Waals surface area contributed by atoms with E-state index in [0.29, 0.717) is 18.4 Å². The van der Waals surface area contributed by atoms with Gasteiger partial charge in [-0.3, -0.25) is 4.79 Å². The molecule has 1 unspecified atom stereocenters. The minimum atomic E-state index is -0.853. The van der Waals surface area contributed by atoms with Crippen LogP contribution in [-0.2, 0) is 14.3 Å². The van der Waals surface area contributed by atoms with Crippen LogP contribution in [0.2, 0.25) is 0 Å². The third-order valence-corrected chi connectivity index (χ3v) is 7.03. The van der Waals surface area contributed by atoms with Crippen molar-refractivity contribution >= 4 is 5.97 Å². The summed E-state index contributed by atoms with van der Waals surface area (Å²) in [5, 5.41) is 10.3. The first-order valence-corrected chi connectivity index (χ1v) is 11.3. The number of esters is 1. The molecule has 2 heterocycles. The Morgan fingerprint density at radius 2 is 2.14 bits per heavy atom. The summed E-state index contributed by atoms with van der Waals surface area (Å²) in [5.74, 6) is -0.0926. The predicted molar refractivity (Wildman–Crippen MR) is 115 cm³/mol. The molecule has 162 valence electrons. The number of hydrogen-bond acceptors (Lipinski definition) is 4. The fraction of sp³-hybridized carbons (Fsp3) is 0.720. The normalized spacial score (nSPS) is 30.4. The molecule has 1 aliphatic carbocycles.